The maximum Gasteiger partial charge on any atom is 0.204 e. The first-order valence-electron chi connectivity index (χ1n) is 9.13. The summed E-state index contributed by atoms with van der Waals surface area (Å²) >= 11 is 0. The lowest BCUT2D eigenvalue weighted by Crippen LogP contribution is -2.71. The number of hydrogen-bond acceptors (Lipinski definition) is 4. The van der Waals surface area contributed by atoms with E-state index in [4.69, 9.17) is 4.74 Å². The normalized spacial score (nSPS) is 27.0. The number of imidazole rings is 1. The van der Waals surface area contributed by atoms with Gasteiger partial charge < -0.3 is 24.8 Å². The van der Waals surface area contributed by atoms with Crippen LogP contribution in [0.4, 0.5) is 5.95 Å². The van der Waals surface area contributed by atoms with Gasteiger partial charge >= 0.3 is 0 Å². The van der Waals surface area contributed by atoms with Gasteiger partial charge in [0, 0.05) is 52.2 Å². The van der Waals surface area contributed by atoms with Crippen molar-refractivity contribution in [3.8, 4) is 0 Å². The van der Waals surface area contributed by atoms with Crippen LogP contribution in [0.3, 0.4) is 0 Å². The van der Waals surface area contributed by atoms with Crippen molar-refractivity contribution in [1.82, 2.24) is 20.2 Å². The van der Waals surface area contributed by atoms with E-state index in [2.05, 4.69) is 39.0 Å². The molecule has 2 fully saturated rings. The van der Waals surface area contributed by atoms with Gasteiger partial charge in [-0.1, -0.05) is 13.8 Å². The Kier molecular flexibility index (Phi) is 6.81. The first-order valence-corrected chi connectivity index (χ1v) is 9.13. The van der Waals surface area contributed by atoms with Crippen LogP contribution in [0.5, 0.6) is 0 Å². The Morgan fingerprint density at radius 1 is 1.46 bits per heavy atom. The second-order valence-electron chi connectivity index (χ2n) is 7.97. The highest BCUT2D eigenvalue weighted by Gasteiger charge is 2.58. The molecule has 7 nitrogen and oxygen atoms in total. The van der Waals surface area contributed by atoms with E-state index >= 15 is 0 Å². The van der Waals surface area contributed by atoms with E-state index in [0.29, 0.717) is 24.6 Å². The van der Waals surface area contributed by atoms with Crippen molar-refractivity contribution in [3.05, 3.63) is 11.9 Å². The molecule has 0 radical (unpaired) electrons. The zero-order chi connectivity index (χ0) is 18.2. The second kappa shape index (κ2) is 8.33. The van der Waals surface area contributed by atoms with Crippen LogP contribution in [0.15, 0.2) is 11.2 Å². The van der Waals surface area contributed by atoms with E-state index in [0.717, 1.165) is 30.6 Å². The fraction of sp³-hybridized carbons (Fsp3) is 0.778. The van der Waals surface area contributed by atoms with Gasteiger partial charge in [-0.3, -0.25) is 4.99 Å². The van der Waals surface area contributed by atoms with Gasteiger partial charge in [0.15, 0.2) is 5.96 Å². The van der Waals surface area contributed by atoms with Crippen molar-refractivity contribution in [1.29, 1.82) is 0 Å². The Hall–Kier alpha value is -1.03. The fourth-order valence-corrected chi connectivity index (χ4v) is 4.35. The van der Waals surface area contributed by atoms with Crippen LogP contribution in [0.2, 0.25) is 0 Å². The van der Waals surface area contributed by atoms with E-state index in [1.54, 1.807) is 0 Å². The summed E-state index contributed by atoms with van der Waals surface area (Å²) in [6.07, 6.45) is 4.67. The van der Waals surface area contributed by atoms with E-state index < -0.39 is 0 Å². The van der Waals surface area contributed by atoms with E-state index in [9.17, 15) is 0 Å². The zero-order valence-corrected chi connectivity index (χ0v) is 19.1. The van der Waals surface area contributed by atoms with Crippen LogP contribution >= 0.6 is 24.0 Å². The molecule has 1 aliphatic carbocycles. The smallest absolute Gasteiger partial charge is 0.204 e. The Balaban J connectivity index is 0.00000243. The quantitative estimate of drug-likeness (QED) is 0.395. The number of guanidine groups is 1. The van der Waals surface area contributed by atoms with Gasteiger partial charge in [0.05, 0.1) is 24.5 Å². The third kappa shape index (κ3) is 3.81. The molecule has 3 rings (SSSR count). The summed E-state index contributed by atoms with van der Waals surface area (Å²) in [5.74, 6) is 2.37. The van der Waals surface area contributed by atoms with Crippen molar-refractivity contribution in [2.24, 2.45) is 23.4 Å². The molecule has 3 unspecified atom stereocenters. The molecule has 0 spiro atoms. The Morgan fingerprint density at radius 2 is 2.19 bits per heavy atom. The molecule has 3 atom stereocenters. The standard InChI is InChI=1S/C18H32N6O.HI/c1-18(2)14(13-8-7-9-25-15(13)18)22-16(19-3)20-10-12-11-21-17(23(4)5)24(12)6;/h11,13-15H,7-10H2,1-6H3,(H2,19,20,22);1H. The minimum Gasteiger partial charge on any atom is -0.377 e. The van der Waals surface area contributed by atoms with Gasteiger partial charge in [0.25, 0.3) is 0 Å². The number of hydrogen-bond donors (Lipinski definition) is 2. The largest absolute Gasteiger partial charge is 0.377 e. The molecule has 1 aromatic rings. The first kappa shape index (κ1) is 21.3. The van der Waals surface area contributed by atoms with Gasteiger partial charge in [-0.25, -0.2) is 4.98 Å². The molecule has 26 heavy (non-hydrogen) atoms. The van der Waals surface area contributed by atoms with Gasteiger partial charge in [0.1, 0.15) is 0 Å². The predicted molar refractivity (Wildman–Crippen MR) is 116 cm³/mol. The lowest BCUT2D eigenvalue weighted by atomic mass is 9.55. The number of fused-ring (bicyclic) bond motifs is 1. The third-order valence-corrected chi connectivity index (χ3v) is 5.74. The molecule has 0 aromatic carbocycles. The summed E-state index contributed by atoms with van der Waals surface area (Å²) in [7, 11) is 7.86. The minimum atomic E-state index is 0. The number of halogens is 1. The van der Waals surface area contributed by atoms with Crippen molar-refractivity contribution >= 4 is 35.9 Å². The van der Waals surface area contributed by atoms with Crippen LogP contribution in [0.25, 0.3) is 0 Å². The summed E-state index contributed by atoms with van der Waals surface area (Å²) in [6.45, 7) is 6.16. The van der Waals surface area contributed by atoms with E-state index in [1.807, 2.05) is 39.3 Å². The number of aromatic nitrogens is 2. The molecule has 2 aliphatic rings. The highest BCUT2D eigenvalue weighted by molar-refractivity contribution is 14.0. The van der Waals surface area contributed by atoms with E-state index in [1.165, 1.54) is 6.42 Å². The number of anilines is 1. The molecule has 2 heterocycles. The summed E-state index contributed by atoms with van der Waals surface area (Å²) in [6, 6.07) is 0.396. The van der Waals surface area contributed by atoms with Gasteiger partial charge in [0.2, 0.25) is 5.95 Å². The number of nitrogens with zero attached hydrogens (tertiary/aromatic N) is 4. The predicted octanol–water partition coefficient (Wildman–Crippen LogP) is 1.97. The fourth-order valence-electron chi connectivity index (χ4n) is 4.35. The monoisotopic (exact) mass is 476 g/mol. The Bertz CT molecular complexity index is 642. The summed E-state index contributed by atoms with van der Waals surface area (Å²) in [4.78, 5) is 10.9. The summed E-state index contributed by atoms with van der Waals surface area (Å²) < 4.78 is 8.09. The van der Waals surface area contributed by atoms with Gasteiger partial charge in [-0.2, -0.15) is 0 Å². The number of ether oxygens (including phenoxy) is 1. The number of aliphatic imine (C=N–C) groups is 1. The molecule has 8 heteroatoms. The van der Waals surface area contributed by atoms with Crippen LogP contribution in [0.1, 0.15) is 32.4 Å². The van der Waals surface area contributed by atoms with Gasteiger partial charge in [-0.15, -0.1) is 24.0 Å². The molecular weight excluding hydrogens is 443 g/mol. The molecule has 0 amide bonds. The molecule has 1 aliphatic heterocycles. The molecule has 148 valence electrons. The maximum absolute atomic E-state index is 5.99. The lowest BCUT2D eigenvalue weighted by Gasteiger charge is -2.60. The van der Waals surface area contributed by atoms with E-state index in [-0.39, 0.29) is 29.4 Å². The molecule has 1 aromatic heterocycles. The van der Waals surface area contributed by atoms with Crippen molar-refractivity contribution in [3.63, 3.8) is 0 Å². The van der Waals surface area contributed by atoms with Crippen molar-refractivity contribution in [2.45, 2.75) is 45.4 Å². The van der Waals surface area contributed by atoms with Crippen LogP contribution in [0, 0.1) is 11.3 Å². The second-order valence-corrected chi connectivity index (χ2v) is 7.97. The molecule has 1 saturated carbocycles. The molecule has 2 N–H and O–H groups in total. The van der Waals surface area contributed by atoms with Crippen LogP contribution in [-0.2, 0) is 18.3 Å². The maximum atomic E-state index is 5.99. The number of rotatable bonds is 4. The average molecular weight is 476 g/mol. The Morgan fingerprint density at radius 3 is 2.81 bits per heavy atom. The summed E-state index contributed by atoms with van der Waals surface area (Å²) in [5, 5.41) is 7.06. The van der Waals surface area contributed by atoms with Crippen molar-refractivity contribution in [2.75, 3.05) is 32.6 Å². The molecular formula is C18H33IN6O. The first-order chi connectivity index (χ1) is 11.9. The highest BCUT2D eigenvalue weighted by atomic mass is 127. The van der Waals surface area contributed by atoms with Crippen molar-refractivity contribution < 1.29 is 4.74 Å². The molecule has 1 saturated heterocycles. The Labute approximate surface area is 174 Å². The minimum absolute atomic E-state index is 0. The third-order valence-electron chi connectivity index (χ3n) is 5.74. The summed E-state index contributed by atoms with van der Waals surface area (Å²) in [5.41, 5.74) is 1.26. The number of nitrogens with one attached hydrogen (secondary N) is 2. The zero-order valence-electron chi connectivity index (χ0n) is 16.7. The SMILES string of the molecule is CN=C(NCc1cnc(N(C)C)n1C)NC1C2CCCOC2C1(C)C.I. The van der Waals surface area contributed by atoms with Crippen LogP contribution < -0.4 is 15.5 Å². The topological polar surface area (TPSA) is 66.7 Å². The average Bonchev–Trinajstić information content (AvgIpc) is 2.96. The van der Waals surface area contributed by atoms with Crippen LogP contribution in [-0.4, -0.2) is 55.4 Å². The lowest BCUT2D eigenvalue weighted by molar-refractivity contribution is -0.188. The molecule has 0 bridgehead atoms. The highest BCUT2D eigenvalue weighted by Crippen LogP contribution is 2.51. The van der Waals surface area contributed by atoms with Gasteiger partial charge in [-0.05, 0) is 12.8 Å².